The Labute approximate surface area is 71.9 Å². The van der Waals surface area contributed by atoms with Crippen LogP contribution in [0.4, 0.5) is 5.13 Å². The summed E-state index contributed by atoms with van der Waals surface area (Å²) < 4.78 is 0. The van der Waals surface area contributed by atoms with Gasteiger partial charge in [0.1, 0.15) is 0 Å². The summed E-state index contributed by atoms with van der Waals surface area (Å²) in [5.41, 5.74) is 0.997. The van der Waals surface area contributed by atoms with Crippen molar-refractivity contribution >= 4 is 16.5 Å². The van der Waals surface area contributed by atoms with Gasteiger partial charge in [-0.15, -0.1) is 0 Å². The van der Waals surface area contributed by atoms with Crippen molar-refractivity contribution in [2.75, 3.05) is 18.0 Å². The molecule has 0 aliphatic rings. The van der Waals surface area contributed by atoms with Crippen molar-refractivity contribution in [3.8, 4) is 0 Å². The molecule has 3 heteroatoms. The molecule has 1 rings (SSSR count). The molecule has 0 fully saturated rings. The Kier molecular flexibility index (Phi) is 2.88. The number of anilines is 1. The van der Waals surface area contributed by atoms with Crippen LogP contribution in [0.2, 0.25) is 0 Å². The zero-order valence-corrected chi connectivity index (χ0v) is 8.03. The quantitative estimate of drug-likeness (QED) is 0.689. The van der Waals surface area contributed by atoms with Crippen LogP contribution in [-0.4, -0.2) is 18.1 Å². The number of hydrogen-bond donors (Lipinski definition) is 0. The van der Waals surface area contributed by atoms with Gasteiger partial charge in [0.15, 0.2) is 5.13 Å². The highest BCUT2D eigenvalue weighted by Crippen LogP contribution is 2.18. The molecule has 0 aromatic carbocycles. The van der Waals surface area contributed by atoms with Crippen LogP contribution in [-0.2, 0) is 0 Å². The summed E-state index contributed by atoms with van der Waals surface area (Å²) in [6.07, 6.45) is 0. The van der Waals surface area contributed by atoms with E-state index in [0.29, 0.717) is 0 Å². The number of rotatable bonds is 3. The van der Waals surface area contributed by atoms with Crippen LogP contribution in [0.5, 0.6) is 0 Å². The minimum absolute atomic E-state index is 0.997. The average Bonchev–Trinajstić information content (AvgIpc) is 2.39. The van der Waals surface area contributed by atoms with E-state index < -0.39 is 0 Å². The first-order valence-corrected chi connectivity index (χ1v) is 4.69. The van der Waals surface area contributed by atoms with Crippen molar-refractivity contribution in [3.05, 3.63) is 11.1 Å². The van der Waals surface area contributed by atoms with Gasteiger partial charge in [0, 0.05) is 13.1 Å². The SMILES string of the molecule is CCN(CC)c1nc(C)[c]s1. The summed E-state index contributed by atoms with van der Waals surface area (Å²) in [4.78, 5) is 6.57. The minimum Gasteiger partial charge on any atom is -0.349 e. The predicted octanol–water partition coefficient (Wildman–Crippen LogP) is 2.10. The lowest BCUT2D eigenvalue weighted by Crippen LogP contribution is -2.21. The molecule has 1 heterocycles. The zero-order valence-electron chi connectivity index (χ0n) is 7.22. The van der Waals surface area contributed by atoms with Crippen LogP contribution in [0.15, 0.2) is 0 Å². The van der Waals surface area contributed by atoms with Crippen molar-refractivity contribution < 1.29 is 0 Å². The second-order valence-electron chi connectivity index (χ2n) is 2.36. The van der Waals surface area contributed by atoms with Gasteiger partial charge in [0.2, 0.25) is 0 Å². The number of nitrogens with zero attached hydrogens (tertiary/aromatic N) is 2. The van der Waals surface area contributed by atoms with E-state index in [1.54, 1.807) is 11.3 Å². The highest BCUT2D eigenvalue weighted by atomic mass is 32.1. The summed E-state index contributed by atoms with van der Waals surface area (Å²) in [5.74, 6) is 0. The maximum absolute atomic E-state index is 4.34. The Morgan fingerprint density at radius 1 is 1.45 bits per heavy atom. The molecule has 0 aliphatic heterocycles. The fourth-order valence-corrected chi connectivity index (χ4v) is 1.79. The fourth-order valence-electron chi connectivity index (χ4n) is 0.938. The van der Waals surface area contributed by atoms with E-state index in [1.807, 2.05) is 6.92 Å². The van der Waals surface area contributed by atoms with E-state index in [0.717, 1.165) is 23.9 Å². The van der Waals surface area contributed by atoms with Gasteiger partial charge in [-0.05, 0) is 20.8 Å². The molecule has 0 atom stereocenters. The van der Waals surface area contributed by atoms with Gasteiger partial charge in [-0.2, -0.15) is 0 Å². The third-order valence-corrected chi connectivity index (χ3v) is 2.52. The molecule has 0 bridgehead atoms. The molecule has 0 aliphatic carbocycles. The molecular formula is C8H13N2S. The second-order valence-corrected chi connectivity index (χ2v) is 3.13. The lowest BCUT2D eigenvalue weighted by Gasteiger charge is -2.16. The van der Waals surface area contributed by atoms with E-state index in [9.17, 15) is 0 Å². The van der Waals surface area contributed by atoms with Crippen LogP contribution in [0.1, 0.15) is 19.5 Å². The first kappa shape index (κ1) is 8.53. The van der Waals surface area contributed by atoms with Crippen molar-refractivity contribution in [1.82, 2.24) is 4.98 Å². The molecule has 1 aromatic rings. The maximum Gasteiger partial charge on any atom is 0.186 e. The smallest absolute Gasteiger partial charge is 0.186 e. The van der Waals surface area contributed by atoms with Crippen LogP contribution >= 0.6 is 11.3 Å². The van der Waals surface area contributed by atoms with Crippen LogP contribution in [0.25, 0.3) is 0 Å². The van der Waals surface area contributed by atoms with Gasteiger partial charge in [0.05, 0.1) is 11.1 Å². The first-order chi connectivity index (χ1) is 5.27. The third kappa shape index (κ3) is 1.93. The van der Waals surface area contributed by atoms with Crippen molar-refractivity contribution in [2.24, 2.45) is 0 Å². The maximum atomic E-state index is 4.34. The van der Waals surface area contributed by atoms with E-state index in [-0.39, 0.29) is 0 Å². The normalized spacial score (nSPS) is 10.1. The molecule has 0 spiro atoms. The summed E-state index contributed by atoms with van der Waals surface area (Å²) in [6.45, 7) is 8.30. The predicted molar refractivity (Wildman–Crippen MR) is 49.2 cm³/mol. The Morgan fingerprint density at radius 2 is 2.09 bits per heavy atom. The minimum atomic E-state index is 0.997. The molecular weight excluding hydrogens is 156 g/mol. The van der Waals surface area contributed by atoms with E-state index in [1.165, 1.54) is 0 Å². The average molecular weight is 169 g/mol. The molecule has 1 radical (unpaired) electrons. The van der Waals surface area contributed by atoms with Gasteiger partial charge in [-0.1, -0.05) is 11.3 Å². The zero-order chi connectivity index (χ0) is 8.27. The second kappa shape index (κ2) is 3.72. The van der Waals surface area contributed by atoms with Gasteiger partial charge < -0.3 is 4.90 Å². The number of hydrogen-bond acceptors (Lipinski definition) is 3. The Hall–Kier alpha value is -0.570. The molecule has 2 nitrogen and oxygen atoms in total. The van der Waals surface area contributed by atoms with E-state index >= 15 is 0 Å². The topological polar surface area (TPSA) is 16.1 Å². The van der Waals surface area contributed by atoms with Gasteiger partial charge in [0.25, 0.3) is 0 Å². The lowest BCUT2D eigenvalue weighted by atomic mass is 10.5. The first-order valence-electron chi connectivity index (χ1n) is 3.88. The van der Waals surface area contributed by atoms with Crippen LogP contribution in [0, 0.1) is 12.3 Å². The van der Waals surface area contributed by atoms with Crippen molar-refractivity contribution in [1.29, 1.82) is 0 Å². The Morgan fingerprint density at radius 3 is 2.45 bits per heavy atom. The summed E-state index contributed by atoms with van der Waals surface area (Å²) >= 11 is 1.60. The Balaban J connectivity index is 2.73. The molecule has 1 aromatic heterocycles. The lowest BCUT2D eigenvalue weighted by molar-refractivity contribution is 0.857. The van der Waals surface area contributed by atoms with Crippen molar-refractivity contribution in [3.63, 3.8) is 0 Å². The number of aryl methyl sites for hydroxylation is 1. The molecule has 0 saturated heterocycles. The molecule has 0 unspecified atom stereocenters. The monoisotopic (exact) mass is 169 g/mol. The van der Waals surface area contributed by atoms with Crippen LogP contribution in [0.3, 0.4) is 0 Å². The largest absolute Gasteiger partial charge is 0.349 e. The third-order valence-electron chi connectivity index (χ3n) is 1.59. The number of aromatic nitrogens is 1. The van der Waals surface area contributed by atoms with Gasteiger partial charge in [-0.25, -0.2) is 4.98 Å². The molecule has 0 amide bonds. The summed E-state index contributed by atoms with van der Waals surface area (Å²) in [6, 6.07) is 0. The fraction of sp³-hybridized carbons (Fsp3) is 0.625. The molecule has 61 valence electrons. The highest BCUT2D eigenvalue weighted by molar-refractivity contribution is 7.13. The summed E-state index contributed by atoms with van der Waals surface area (Å²) in [7, 11) is 0. The van der Waals surface area contributed by atoms with Crippen molar-refractivity contribution in [2.45, 2.75) is 20.8 Å². The molecule has 11 heavy (non-hydrogen) atoms. The number of thiazole rings is 1. The van der Waals surface area contributed by atoms with Gasteiger partial charge >= 0.3 is 0 Å². The Bertz CT molecular complexity index is 216. The summed E-state index contributed by atoms with van der Waals surface area (Å²) in [5, 5.41) is 4.20. The highest BCUT2D eigenvalue weighted by Gasteiger charge is 2.04. The van der Waals surface area contributed by atoms with Crippen LogP contribution < -0.4 is 4.90 Å². The standard InChI is InChI=1S/C8H13N2S/c1-4-10(5-2)8-9-7(3)6-11-8/h4-5H2,1-3H3. The molecule has 0 saturated carbocycles. The van der Waals surface area contributed by atoms with E-state index in [2.05, 4.69) is 29.1 Å². The van der Waals surface area contributed by atoms with E-state index in [4.69, 9.17) is 0 Å². The van der Waals surface area contributed by atoms with Gasteiger partial charge in [-0.3, -0.25) is 0 Å². The molecule has 0 N–H and O–H groups in total.